The van der Waals surface area contributed by atoms with Gasteiger partial charge < -0.3 is 4.74 Å². The fourth-order valence-corrected chi connectivity index (χ4v) is 1.78. The molecule has 1 aromatic rings. The first-order chi connectivity index (χ1) is 9.76. The summed E-state index contributed by atoms with van der Waals surface area (Å²) in [5.41, 5.74) is 2.39. The van der Waals surface area contributed by atoms with E-state index >= 15 is 0 Å². The van der Waals surface area contributed by atoms with Crippen molar-refractivity contribution in [2.24, 2.45) is 0 Å². The first-order valence-corrected chi connectivity index (χ1v) is 7.69. The molecule has 1 aromatic carbocycles. The van der Waals surface area contributed by atoms with Crippen LogP contribution >= 0.6 is 12.6 Å². The Morgan fingerprint density at radius 2 is 1.80 bits per heavy atom. The minimum atomic E-state index is -0.113. The van der Waals surface area contributed by atoms with Crippen molar-refractivity contribution in [1.82, 2.24) is 0 Å². The second-order valence-electron chi connectivity index (χ2n) is 4.21. The molecular weight excluding hydrogens is 268 g/mol. The molecule has 0 spiro atoms. The average molecular weight is 292 g/mol. The van der Waals surface area contributed by atoms with Crippen molar-refractivity contribution in [1.29, 1.82) is 0 Å². The minimum absolute atomic E-state index is 0.113. The lowest BCUT2D eigenvalue weighted by Crippen LogP contribution is -1.99. The summed E-state index contributed by atoms with van der Waals surface area (Å²) in [6.07, 6.45) is 6.36. The lowest BCUT2D eigenvalue weighted by atomic mass is 10.0. The molecule has 0 fully saturated rings. The maximum absolute atomic E-state index is 10.9. The molecule has 0 N–H and O–H groups in total. The molecule has 0 heterocycles. The zero-order valence-electron chi connectivity index (χ0n) is 12.6. The Hall–Kier alpha value is -1.40. The largest absolute Gasteiger partial charge is 0.469 e. The summed E-state index contributed by atoms with van der Waals surface area (Å²) >= 11 is 3.53. The van der Waals surface area contributed by atoms with Gasteiger partial charge in [-0.05, 0) is 50.1 Å². The van der Waals surface area contributed by atoms with E-state index in [1.165, 1.54) is 12.7 Å². The van der Waals surface area contributed by atoms with Crippen LogP contribution in [0.25, 0.3) is 0 Å². The smallest absolute Gasteiger partial charge is 0.305 e. The maximum Gasteiger partial charge on any atom is 0.305 e. The standard InChI is InChI=1S/C16H20O2.CH4S/c1-3-7-14-10-12-15(13-11-14)8-5-4-6-9-16(17)18-2;1-2/h10-13H,4-6,8-9H2,1-2H3;2H,1H3. The predicted molar refractivity (Wildman–Crippen MR) is 88.1 cm³/mol. The molecule has 20 heavy (non-hydrogen) atoms. The quantitative estimate of drug-likeness (QED) is 0.373. The van der Waals surface area contributed by atoms with Crippen LogP contribution in [0.5, 0.6) is 0 Å². The number of hydrogen-bond donors (Lipinski definition) is 1. The van der Waals surface area contributed by atoms with Crippen LogP contribution in [-0.2, 0) is 16.0 Å². The Morgan fingerprint density at radius 1 is 1.15 bits per heavy atom. The summed E-state index contributed by atoms with van der Waals surface area (Å²) in [6.45, 7) is 1.84. The minimum Gasteiger partial charge on any atom is -0.469 e. The van der Waals surface area contributed by atoms with Crippen LogP contribution in [0.15, 0.2) is 24.3 Å². The third kappa shape index (κ3) is 8.66. The SMILES string of the molecule is CC#Cc1ccc(CCCCCC(=O)OC)cc1.CS. The number of aryl methyl sites for hydroxylation is 1. The second-order valence-corrected chi connectivity index (χ2v) is 4.21. The Balaban J connectivity index is 0.00000172. The van der Waals surface area contributed by atoms with Crippen molar-refractivity contribution in [3.8, 4) is 11.8 Å². The fourth-order valence-electron chi connectivity index (χ4n) is 1.78. The number of carbonyl (C=O) groups is 1. The molecule has 0 amide bonds. The summed E-state index contributed by atoms with van der Waals surface area (Å²) in [7, 11) is 1.43. The van der Waals surface area contributed by atoms with Crippen molar-refractivity contribution >= 4 is 18.6 Å². The normalized spacial score (nSPS) is 8.80. The Kier molecular flexibility index (Phi) is 11.7. The third-order valence-electron chi connectivity index (χ3n) is 2.80. The molecule has 110 valence electrons. The number of ether oxygens (including phenoxy) is 1. The van der Waals surface area contributed by atoms with Crippen LogP contribution in [0.3, 0.4) is 0 Å². The number of carbonyl (C=O) groups excluding carboxylic acids is 1. The highest BCUT2D eigenvalue weighted by atomic mass is 32.1. The van der Waals surface area contributed by atoms with Gasteiger partial charge in [0, 0.05) is 12.0 Å². The topological polar surface area (TPSA) is 26.3 Å². The van der Waals surface area contributed by atoms with Crippen molar-refractivity contribution < 1.29 is 9.53 Å². The number of unbranched alkanes of at least 4 members (excludes halogenated alkanes) is 2. The number of benzene rings is 1. The van der Waals surface area contributed by atoms with E-state index in [9.17, 15) is 4.79 Å². The van der Waals surface area contributed by atoms with Gasteiger partial charge in [0.15, 0.2) is 0 Å². The molecule has 0 unspecified atom stereocenters. The van der Waals surface area contributed by atoms with Gasteiger partial charge in [-0.1, -0.05) is 24.5 Å². The molecule has 3 heteroatoms. The molecule has 0 atom stereocenters. The van der Waals surface area contributed by atoms with Gasteiger partial charge in [0.2, 0.25) is 0 Å². The highest BCUT2D eigenvalue weighted by Gasteiger charge is 1.99. The van der Waals surface area contributed by atoms with E-state index < -0.39 is 0 Å². The summed E-state index contributed by atoms with van der Waals surface area (Å²) in [5, 5.41) is 0. The molecular formula is C17H24O2S. The molecule has 0 aliphatic heterocycles. The lowest BCUT2D eigenvalue weighted by Gasteiger charge is -2.02. The first-order valence-electron chi connectivity index (χ1n) is 6.79. The van der Waals surface area contributed by atoms with Crippen LogP contribution in [-0.4, -0.2) is 19.3 Å². The van der Waals surface area contributed by atoms with Crippen LogP contribution in [0.1, 0.15) is 43.7 Å². The van der Waals surface area contributed by atoms with Crippen molar-refractivity contribution in [3.63, 3.8) is 0 Å². The van der Waals surface area contributed by atoms with Gasteiger partial charge >= 0.3 is 5.97 Å². The van der Waals surface area contributed by atoms with E-state index in [2.05, 4.69) is 53.5 Å². The van der Waals surface area contributed by atoms with E-state index in [-0.39, 0.29) is 5.97 Å². The van der Waals surface area contributed by atoms with Gasteiger partial charge in [-0.3, -0.25) is 4.79 Å². The number of esters is 1. The molecule has 0 saturated heterocycles. The summed E-state index contributed by atoms with van der Waals surface area (Å²) in [4.78, 5) is 10.9. The van der Waals surface area contributed by atoms with E-state index in [0.29, 0.717) is 6.42 Å². The fraction of sp³-hybridized carbons (Fsp3) is 0.471. The van der Waals surface area contributed by atoms with E-state index in [0.717, 1.165) is 31.2 Å². The zero-order chi connectivity index (χ0) is 15.2. The molecule has 0 bridgehead atoms. The molecule has 0 aliphatic carbocycles. The number of thiol groups is 1. The zero-order valence-corrected chi connectivity index (χ0v) is 13.5. The van der Waals surface area contributed by atoms with Gasteiger partial charge in [-0.15, -0.1) is 5.92 Å². The molecule has 1 rings (SSSR count). The lowest BCUT2D eigenvalue weighted by molar-refractivity contribution is -0.140. The van der Waals surface area contributed by atoms with Gasteiger partial charge in [0.25, 0.3) is 0 Å². The van der Waals surface area contributed by atoms with Crippen LogP contribution in [0, 0.1) is 11.8 Å². The van der Waals surface area contributed by atoms with Crippen LogP contribution in [0.4, 0.5) is 0 Å². The summed E-state index contributed by atoms with van der Waals surface area (Å²) < 4.78 is 4.60. The van der Waals surface area contributed by atoms with Gasteiger partial charge in [0.1, 0.15) is 0 Å². The highest BCUT2D eigenvalue weighted by molar-refractivity contribution is 7.79. The Labute approximate surface area is 128 Å². The number of methoxy groups -OCH3 is 1. The third-order valence-corrected chi connectivity index (χ3v) is 2.80. The van der Waals surface area contributed by atoms with Gasteiger partial charge in [-0.25, -0.2) is 0 Å². The van der Waals surface area contributed by atoms with Crippen molar-refractivity contribution in [2.75, 3.05) is 13.4 Å². The number of rotatable bonds is 6. The molecule has 2 nitrogen and oxygen atoms in total. The van der Waals surface area contributed by atoms with Gasteiger partial charge in [0.05, 0.1) is 7.11 Å². The van der Waals surface area contributed by atoms with Crippen molar-refractivity contribution in [3.05, 3.63) is 35.4 Å². The molecule has 0 aromatic heterocycles. The Morgan fingerprint density at radius 3 is 2.35 bits per heavy atom. The second kappa shape index (κ2) is 12.6. The summed E-state index contributed by atoms with van der Waals surface area (Å²) in [5.74, 6) is 5.80. The molecule has 0 radical (unpaired) electrons. The van der Waals surface area contributed by atoms with Crippen LogP contribution < -0.4 is 0 Å². The maximum atomic E-state index is 10.9. The van der Waals surface area contributed by atoms with E-state index in [1.54, 1.807) is 6.26 Å². The summed E-state index contributed by atoms with van der Waals surface area (Å²) in [6, 6.07) is 8.36. The van der Waals surface area contributed by atoms with Crippen LogP contribution in [0.2, 0.25) is 0 Å². The van der Waals surface area contributed by atoms with Crippen molar-refractivity contribution in [2.45, 2.75) is 39.0 Å². The molecule has 0 aliphatic rings. The predicted octanol–water partition coefficient (Wildman–Crippen LogP) is 3.88. The monoisotopic (exact) mass is 292 g/mol. The van der Waals surface area contributed by atoms with E-state index in [4.69, 9.17) is 0 Å². The van der Waals surface area contributed by atoms with Gasteiger partial charge in [-0.2, -0.15) is 12.6 Å². The Bertz CT molecular complexity index is 427. The first kappa shape index (κ1) is 18.6. The molecule has 0 saturated carbocycles. The number of hydrogen-bond acceptors (Lipinski definition) is 3. The van der Waals surface area contributed by atoms with E-state index in [1.807, 2.05) is 6.92 Å². The highest BCUT2D eigenvalue weighted by Crippen LogP contribution is 2.09. The average Bonchev–Trinajstić information content (AvgIpc) is 2.50.